The van der Waals surface area contributed by atoms with Crippen LogP contribution >= 0.6 is 0 Å². The molecule has 1 heterocycles. The fourth-order valence-electron chi connectivity index (χ4n) is 3.12. The molecule has 130 valence electrons. The van der Waals surface area contributed by atoms with Crippen molar-refractivity contribution in [2.24, 2.45) is 0 Å². The molecule has 1 aromatic heterocycles. The molecule has 0 unspecified atom stereocenters. The lowest BCUT2D eigenvalue weighted by Gasteiger charge is -2.23. The maximum absolute atomic E-state index is 12.4. The van der Waals surface area contributed by atoms with Crippen molar-refractivity contribution in [2.75, 3.05) is 10.6 Å². The molecule has 0 spiro atoms. The second kappa shape index (κ2) is 7.92. The predicted molar refractivity (Wildman–Crippen MR) is 99.1 cm³/mol. The summed E-state index contributed by atoms with van der Waals surface area (Å²) in [6.45, 7) is 1.52. The number of rotatable bonds is 5. The Balaban J connectivity index is 1.65. The second-order valence-electron chi connectivity index (χ2n) is 6.53. The maximum atomic E-state index is 12.4. The molecule has 5 heteroatoms. The third kappa shape index (κ3) is 4.66. The van der Waals surface area contributed by atoms with Crippen LogP contribution in [-0.4, -0.2) is 22.7 Å². The van der Waals surface area contributed by atoms with E-state index in [1.165, 1.54) is 39.0 Å². The Morgan fingerprint density at radius 2 is 1.68 bits per heavy atom. The lowest BCUT2D eigenvalue weighted by Crippen LogP contribution is -2.22. The number of pyridine rings is 1. The summed E-state index contributed by atoms with van der Waals surface area (Å²) < 4.78 is 0. The zero-order valence-corrected chi connectivity index (χ0v) is 14.4. The number of amides is 1. The fraction of sp³-hybridized carbons (Fsp3) is 0.350. The van der Waals surface area contributed by atoms with Gasteiger partial charge >= 0.3 is 0 Å². The van der Waals surface area contributed by atoms with E-state index in [0.29, 0.717) is 22.9 Å². The van der Waals surface area contributed by atoms with Crippen LogP contribution in [0.5, 0.6) is 0 Å². The van der Waals surface area contributed by atoms with Crippen molar-refractivity contribution < 1.29 is 9.59 Å². The van der Waals surface area contributed by atoms with E-state index in [4.69, 9.17) is 0 Å². The summed E-state index contributed by atoms with van der Waals surface area (Å²) in [4.78, 5) is 27.9. The minimum Gasteiger partial charge on any atom is -0.381 e. The van der Waals surface area contributed by atoms with Crippen LogP contribution in [0.4, 0.5) is 11.4 Å². The lowest BCUT2D eigenvalue weighted by atomic mass is 9.95. The van der Waals surface area contributed by atoms with Gasteiger partial charge in [-0.15, -0.1) is 0 Å². The maximum Gasteiger partial charge on any atom is 0.257 e. The van der Waals surface area contributed by atoms with Crippen LogP contribution in [0.2, 0.25) is 0 Å². The third-order valence-corrected chi connectivity index (χ3v) is 4.53. The summed E-state index contributed by atoms with van der Waals surface area (Å²) >= 11 is 0. The van der Waals surface area contributed by atoms with Crippen LogP contribution in [-0.2, 0) is 0 Å². The zero-order valence-electron chi connectivity index (χ0n) is 14.4. The smallest absolute Gasteiger partial charge is 0.257 e. The molecule has 1 aromatic carbocycles. The molecule has 1 aliphatic carbocycles. The van der Waals surface area contributed by atoms with Crippen LogP contribution in [0.25, 0.3) is 0 Å². The monoisotopic (exact) mass is 337 g/mol. The van der Waals surface area contributed by atoms with Crippen molar-refractivity contribution in [1.29, 1.82) is 0 Å². The molecular formula is C20H23N3O2. The van der Waals surface area contributed by atoms with Gasteiger partial charge in [-0.1, -0.05) is 19.3 Å². The van der Waals surface area contributed by atoms with E-state index < -0.39 is 0 Å². The third-order valence-electron chi connectivity index (χ3n) is 4.53. The molecule has 2 aromatic rings. The number of hydrogen-bond acceptors (Lipinski definition) is 4. The molecule has 0 saturated heterocycles. The van der Waals surface area contributed by atoms with Crippen LogP contribution in [0.15, 0.2) is 42.7 Å². The van der Waals surface area contributed by atoms with Crippen molar-refractivity contribution >= 4 is 23.1 Å². The number of ketones is 1. The molecule has 0 radical (unpaired) electrons. The van der Waals surface area contributed by atoms with E-state index in [1.807, 2.05) is 6.07 Å². The summed E-state index contributed by atoms with van der Waals surface area (Å²) in [5.74, 6) is -0.209. The van der Waals surface area contributed by atoms with Gasteiger partial charge in [0.2, 0.25) is 0 Å². The summed E-state index contributed by atoms with van der Waals surface area (Å²) in [7, 11) is 0. The molecule has 25 heavy (non-hydrogen) atoms. The molecular weight excluding hydrogens is 314 g/mol. The average molecular weight is 337 g/mol. The van der Waals surface area contributed by atoms with Gasteiger partial charge in [0.05, 0.1) is 11.3 Å². The van der Waals surface area contributed by atoms with Gasteiger partial charge in [0.15, 0.2) is 5.78 Å². The van der Waals surface area contributed by atoms with Gasteiger partial charge in [-0.25, -0.2) is 0 Å². The van der Waals surface area contributed by atoms with E-state index in [0.717, 1.165) is 5.69 Å². The molecule has 1 saturated carbocycles. The molecule has 1 fully saturated rings. The average Bonchev–Trinajstić information content (AvgIpc) is 2.63. The number of Topliss-reactive ketones (excluding diaryl/α,β-unsaturated/α-hetero) is 1. The van der Waals surface area contributed by atoms with Crippen LogP contribution in [0, 0.1) is 0 Å². The summed E-state index contributed by atoms with van der Waals surface area (Å²) in [5, 5.41) is 6.32. The largest absolute Gasteiger partial charge is 0.381 e. The normalized spacial score (nSPS) is 14.8. The Bertz CT molecular complexity index is 750. The van der Waals surface area contributed by atoms with E-state index in [-0.39, 0.29) is 11.7 Å². The molecule has 0 bridgehead atoms. The van der Waals surface area contributed by atoms with Gasteiger partial charge in [-0.2, -0.15) is 0 Å². The number of nitrogens with zero attached hydrogens (tertiary/aromatic N) is 1. The molecule has 3 rings (SSSR count). The summed E-state index contributed by atoms with van der Waals surface area (Å²) in [5.41, 5.74) is 2.67. The molecule has 1 amide bonds. The highest BCUT2D eigenvalue weighted by molar-refractivity contribution is 6.04. The number of aromatic nitrogens is 1. The Kier molecular flexibility index (Phi) is 5.43. The highest BCUT2D eigenvalue weighted by Crippen LogP contribution is 2.22. The van der Waals surface area contributed by atoms with Crippen molar-refractivity contribution in [1.82, 2.24) is 4.98 Å². The van der Waals surface area contributed by atoms with Crippen molar-refractivity contribution in [3.63, 3.8) is 0 Å². The first-order valence-electron chi connectivity index (χ1n) is 8.76. The summed E-state index contributed by atoms with van der Waals surface area (Å²) in [6, 6.07) is 9.17. The second-order valence-corrected chi connectivity index (χ2v) is 6.53. The van der Waals surface area contributed by atoms with Gasteiger partial charge in [0.25, 0.3) is 5.91 Å². The van der Waals surface area contributed by atoms with Gasteiger partial charge in [-0.3, -0.25) is 14.6 Å². The Hall–Kier alpha value is -2.69. The van der Waals surface area contributed by atoms with E-state index in [9.17, 15) is 9.59 Å². The Labute approximate surface area is 147 Å². The first-order chi connectivity index (χ1) is 12.1. The molecule has 0 atom stereocenters. The Morgan fingerprint density at radius 1 is 0.960 bits per heavy atom. The first kappa shape index (κ1) is 17.1. The predicted octanol–water partition coefficient (Wildman–Crippen LogP) is 4.28. The summed E-state index contributed by atoms with van der Waals surface area (Å²) in [6.07, 6.45) is 9.46. The topological polar surface area (TPSA) is 71.1 Å². The highest BCUT2D eigenvalue weighted by Gasteiger charge is 2.14. The molecule has 0 aliphatic heterocycles. The number of hydrogen-bond donors (Lipinski definition) is 2. The first-order valence-corrected chi connectivity index (χ1v) is 8.76. The standard InChI is InChI=1S/C20H23N3O2/c1-14(24)15-7-9-18(10-8-15)23-20(25)16-11-19(13-21-12-16)22-17-5-3-2-4-6-17/h7-13,17,22H,2-6H2,1H3,(H,23,25). The van der Waals surface area contributed by atoms with E-state index >= 15 is 0 Å². The fourth-order valence-corrected chi connectivity index (χ4v) is 3.12. The number of anilines is 2. The lowest BCUT2D eigenvalue weighted by molar-refractivity contribution is 0.101. The minimum absolute atomic E-state index is 0.00330. The number of carbonyl (C=O) groups excluding carboxylic acids is 2. The van der Waals surface area contributed by atoms with Gasteiger partial charge < -0.3 is 10.6 Å². The quantitative estimate of drug-likeness (QED) is 0.799. The molecule has 5 nitrogen and oxygen atoms in total. The zero-order chi connectivity index (χ0) is 17.6. The van der Waals surface area contributed by atoms with Crippen molar-refractivity contribution in [2.45, 2.75) is 45.1 Å². The van der Waals surface area contributed by atoms with Crippen LogP contribution in [0.3, 0.4) is 0 Å². The minimum atomic E-state index is -0.213. The van der Waals surface area contributed by atoms with E-state index in [2.05, 4.69) is 15.6 Å². The Morgan fingerprint density at radius 3 is 2.36 bits per heavy atom. The van der Waals surface area contributed by atoms with Crippen molar-refractivity contribution in [3.8, 4) is 0 Å². The van der Waals surface area contributed by atoms with Gasteiger partial charge in [0, 0.05) is 29.7 Å². The molecule has 2 N–H and O–H groups in total. The van der Waals surface area contributed by atoms with Gasteiger partial charge in [-0.05, 0) is 50.1 Å². The van der Waals surface area contributed by atoms with Crippen molar-refractivity contribution in [3.05, 3.63) is 53.9 Å². The SMILES string of the molecule is CC(=O)c1ccc(NC(=O)c2cncc(NC3CCCCC3)c2)cc1. The van der Waals surface area contributed by atoms with Crippen LogP contribution < -0.4 is 10.6 Å². The molecule has 1 aliphatic rings. The van der Waals surface area contributed by atoms with Crippen LogP contribution in [0.1, 0.15) is 59.7 Å². The highest BCUT2D eigenvalue weighted by atomic mass is 16.1. The van der Waals surface area contributed by atoms with Gasteiger partial charge in [0.1, 0.15) is 0 Å². The van der Waals surface area contributed by atoms with E-state index in [1.54, 1.807) is 36.7 Å². The number of carbonyl (C=O) groups is 2. The number of benzene rings is 1. The number of nitrogens with one attached hydrogen (secondary N) is 2.